The average Bonchev–Trinajstić information content (AvgIpc) is 2.82. The van der Waals surface area contributed by atoms with E-state index in [0.29, 0.717) is 6.42 Å². The zero-order valence-corrected chi connectivity index (χ0v) is 12.4. The molecule has 2 heterocycles. The molecular weight excluding hydrogens is 252 g/mol. The molecule has 2 aromatic rings. The van der Waals surface area contributed by atoms with Crippen molar-refractivity contribution >= 4 is 22.6 Å². The number of nitrogens with zero attached hydrogens (tertiary/aromatic N) is 3. The van der Waals surface area contributed by atoms with Gasteiger partial charge in [-0.1, -0.05) is 19.8 Å². The van der Waals surface area contributed by atoms with Crippen molar-refractivity contribution < 1.29 is 4.79 Å². The summed E-state index contributed by atoms with van der Waals surface area (Å²) in [4.78, 5) is 16.2. The standard InChI is InChI=1S/C15H22N4O/c1-4-5-6-7-14(20)18-13-8-12-9-17-19(11(2)3)15(12)16-10-13/h8-11H,4-7H2,1-3H3,(H,18,20). The topological polar surface area (TPSA) is 59.8 Å². The lowest BCUT2D eigenvalue weighted by atomic mass is 10.2. The van der Waals surface area contributed by atoms with Crippen molar-refractivity contribution in [3.8, 4) is 0 Å². The predicted octanol–water partition coefficient (Wildman–Crippen LogP) is 3.53. The van der Waals surface area contributed by atoms with E-state index in [4.69, 9.17) is 0 Å². The molecule has 0 saturated heterocycles. The van der Waals surface area contributed by atoms with Crippen molar-refractivity contribution in [1.82, 2.24) is 14.8 Å². The summed E-state index contributed by atoms with van der Waals surface area (Å²) in [6.45, 7) is 6.26. The predicted molar refractivity (Wildman–Crippen MR) is 80.7 cm³/mol. The Labute approximate surface area is 119 Å². The van der Waals surface area contributed by atoms with Gasteiger partial charge in [-0.15, -0.1) is 0 Å². The maximum absolute atomic E-state index is 11.8. The normalized spacial score (nSPS) is 11.2. The summed E-state index contributed by atoms with van der Waals surface area (Å²) in [6, 6.07) is 2.20. The summed E-state index contributed by atoms with van der Waals surface area (Å²) in [7, 11) is 0. The van der Waals surface area contributed by atoms with Crippen molar-refractivity contribution in [3.05, 3.63) is 18.5 Å². The SMILES string of the molecule is CCCCCC(=O)Nc1cnc2c(cnn2C(C)C)c1. The van der Waals surface area contributed by atoms with Gasteiger partial charge in [-0.3, -0.25) is 4.79 Å². The number of hydrogen-bond donors (Lipinski definition) is 1. The van der Waals surface area contributed by atoms with Gasteiger partial charge in [0.25, 0.3) is 0 Å². The molecule has 0 radical (unpaired) electrons. The largest absolute Gasteiger partial charge is 0.325 e. The van der Waals surface area contributed by atoms with E-state index in [1.54, 1.807) is 12.4 Å². The molecule has 108 valence electrons. The molecule has 2 rings (SSSR count). The van der Waals surface area contributed by atoms with Gasteiger partial charge >= 0.3 is 0 Å². The molecule has 0 aliphatic heterocycles. The number of hydrogen-bond acceptors (Lipinski definition) is 3. The van der Waals surface area contributed by atoms with Gasteiger partial charge in [-0.05, 0) is 26.3 Å². The van der Waals surface area contributed by atoms with Crippen LogP contribution in [0.25, 0.3) is 11.0 Å². The first-order valence-corrected chi connectivity index (χ1v) is 7.25. The summed E-state index contributed by atoms with van der Waals surface area (Å²) < 4.78 is 1.88. The Kier molecular flexibility index (Phi) is 4.71. The summed E-state index contributed by atoms with van der Waals surface area (Å²) in [6.07, 6.45) is 7.19. The minimum atomic E-state index is 0.0517. The van der Waals surface area contributed by atoms with E-state index in [0.717, 1.165) is 36.0 Å². The van der Waals surface area contributed by atoms with Crippen LogP contribution in [0.3, 0.4) is 0 Å². The highest BCUT2D eigenvalue weighted by molar-refractivity contribution is 5.92. The lowest BCUT2D eigenvalue weighted by molar-refractivity contribution is -0.116. The Morgan fingerprint density at radius 2 is 2.15 bits per heavy atom. The molecule has 0 saturated carbocycles. The molecule has 0 unspecified atom stereocenters. The van der Waals surface area contributed by atoms with Crippen LogP contribution in [0.2, 0.25) is 0 Å². The highest BCUT2D eigenvalue weighted by Crippen LogP contribution is 2.19. The molecule has 20 heavy (non-hydrogen) atoms. The van der Waals surface area contributed by atoms with Gasteiger partial charge in [-0.25, -0.2) is 9.67 Å². The highest BCUT2D eigenvalue weighted by Gasteiger charge is 2.09. The number of rotatable bonds is 6. The van der Waals surface area contributed by atoms with Crippen LogP contribution in [0.5, 0.6) is 0 Å². The Morgan fingerprint density at radius 3 is 2.85 bits per heavy atom. The Hall–Kier alpha value is -1.91. The van der Waals surface area contributed by atoms with Gasteiger partial charge in [0.2, 0.25) is 5.91 Å². The van der Waals surface area contributed by atoms with Crippen LogP contribution in [-0.4, -0.2) is 20.7 Å². The number of pyridine rings is 1. The number of nitrogens with one attached hydrogen (secondary N) is 1. The molecule has 1 N–H and O–H groups in total. The molecule has 0 aliphatic carbocycles. The third-order valence-corrected chi connectivity index (χ3v) is 3.21. The van der Waals surface area contributed by atoms with Gasteiger partial charge < -0.3 is 5.32 Å². The number of anilines is 1. The lowest BCUT2D eigenvalue weighted by Gasteiger charge is -2.07. The van der Waals surface area contributed by atoms with Crippen LogP contribution in [0.1, 0.15) is 52.5 Å². The molecule has 2 aromatic heterocycles. The molecule has 5 nitrogen and oxygen atoms in total. The maximum atomic E-state index is 11.8. The van der Waals surface area contributed by atoms with E-state index in [9.17, 15) is 4.79 Å². The third-order valence-electron chi connectivity index (χ3n) is 3.21. The Morgan fingerprint density at radius 1 is 1.35 bits per heavy atom. The molecule has 1 amide bonds. The van der Waals surface area contributed by atoms with Crippen LogP contribution in [-0.2, 0) is 4.79 Å². The molecule has 0 spiro atoms. The van der Waals surface area contributed by atoms with E-state index in [1.165, 1.54) is 0 Å². The van der Waals surface area contributed by atoms with Crippen molar-refractivity contribution in [2.45, 2.75) is 52.5 Å². The van der Waals surface area contributed by atoms with E-state index in [-0.39, 0.29) is 11.9 Å². The number of amides is 1. The molecular formula is C15H22N4O. The van der Waals surface area contributed by atoms with E-state index >= 15 is 0 Å². The maximum Gasteiger partial charge on any atom is 0.224 e. The van der Waals surface area contributed by atoms with Crippen molar-refractivity contribution in [2.24, 2.45) is 0 Å². The minimum absolute atomic E-state index is 0.0517. The van der Waals surface area contributed by atoms with E-state index in [2.05, 4.69) is 36.2 Å². The van der Waals surface area contributed by atoms with E-state index in [1.807, 2.05) is 10.7 Å². The second-order valence-corrected chi connectivity index (χ2v) is 5.32. The fourth-order valence-electron chi connectivity index (χ4n) is 2.15. The third kappa shape index (κ3) is 3.35. The number of carbonyl (C=O) groups excluding carboxylic acids is 1. The summed E-state index contributed by atoms with van der Waals surface area (Å²) >= 11 is 0. The molecule has 5 heteroatoms. The van der Waals surface area contributed by atoms with Crippen molar-refractivity contribution in [1.29, 1.82) is 0 Å². The van der Waals surface area contributed by atoms with Gasteiger partial charge in [0.1, 0.15) is 0 Å². The van der Waals surface area contributed by atoms with Crippen LogP contribution in [0.4, 0.5) is 5.69 Å². The number of fused-ring (bicyclic) bond motifs is 1. The van der Waals surface area contributed by atoms with Gasteiger partial charge in [0.15, 0.2) is 5.65 Å². The second-order valence-electron chi connectivity index (χ2n) is 5.32. The average molecular weight is 274 g/mol. The number of carbonyl (C=O) groups is 1. The summed E-state index contributed by atoms with van der Waals surface area (Å²) in [5.74, 6) is 0.0517. The highest BCUT2D eigenvalue weighted by atomic mass is 16.1. The summed E-state index contributed by atoms with van der Waals surface area (Å²) in [5.41, 5.74) is 1.59. The first-order chi connectivity index (χ1) is 9.61. The van der Waals surface area contributed by atoms with Crippen LogP contribution in [0, 0.1) is 0 Å². The number of aromatic nitrogens is 3. The van der Waals surface area contributed by atoms with E-state index < -0.39 is 0 Å². The molecule has 0 bridgehead atoms. The van der Waals surface area contributed by atoms with Gasteiger partial charge in [0, 0.05) is 17.8 Å². The lowest BCUT2D eigenvalue weighted by Crippen LogP contribution is -2.11. The van der Waals surface area contributed by atoms with Crippen LogP contribution < -0.4 is 5.32 Å². The van der Waals surface area contributed by atoms with Crippen molar-refractivity contribution in [2.75, 3.05) is 5.32 Å². The fraction of sp³-hybridized carbons (Fsp3) is 0.533. The molecule has 0 aromatic carbocycles. The zero-order valence-electron chi connectivity index (χ0n) is 12.4. The molecule has 0 atom stereocenters. The Balaban J connectivity index is 2.07. The fourth-order valence-corrected chi connectivity index (χ4v) is 2.15. The quantitative estimate of drug-likeness (QED) is 0.820. The monoisotopic (exact) mass is 274 g/mol. The van der Waals surface area contributed by atoms with Crippen LogP contribution >= 0.6 is 0 Å². The molecule has 0 fully saturated rings. The first kappa shape index (κ1) is 14.5. The minimum Gasteiger partial charge on any atom is -0.325 e. The van der Waals surface area contributed by atoms with Gasteiger partial charge in [-0.2, -0.15) is 5.10 Å². The summed E-state index contributed by atoms with van der Waals surface area (Å²) in [5, 5.41) is 8.16. The Bertz CT molecular complexity index is 589. The van der Waals surface area contributed by atoms with Crippen LogP contribution in [0.15, 0.2) is 18.5 Å². The van der Waals surface area contributed by atoms with Gasteiger partial charge in [0.05, 0.1) is 18.1 Å². The smallest absolute Gasteiger partial charge is 0.224 e. The van der Waals surface area contributed by atoms with Crippen molar-refractivity contribution in [3.63, 3.8) is 0 Å². The number of unbranched alkanes of at least 4 members (excludes halogenated alkanes) is 2. The zero-order chi connectivity index (χ0) is 14.5. The first-order valence-electron chi connectivity index (χ1n) is 7.25. The molecule has 0 aliphatic rings. The second kappa shape index (κ2) is 6.50.